The molecular formula is C27H33NO3. The number of allylic oxidation sites excluding steroid dienone is 1. The van der Waals surface area contributed by atoms with Gasteiger partial charge in [-0.25, -0.2) is 4.79 Å². The molecule has 4 aliphatic carbocycles. The topological polar surface area (TPSA) is 46.6 Å². The SMILES string of the molecule is C#C[C@H]1CC[C@H]2[C@@H]3CCC4=CC(=O)CC(OC(=O)C5=CN(C)C=CC5)[C@@H]4[C@H]3CC[C@]12C. The predicted molar refractivity (Wildman–Crippen MR) is 119 cm³/mol. The second-order valence-electron chi connectivity index (χ2n) is 10.6. The minimum atomic E-state index is -0.334. The molecule has 3 saturated carbocycles. The first-order valence-electron chi connectivity index (χ1n) is 11.9. The molecule has 0 aromatic carbocycles. The highest BCUT2D eigenvalue weighted by Gasteiger charge is 2.57. The minimum absolute atomic E-state index is 0.103. The second kappa shape index (κ2) is 7.69. The van der Waals surface area contributed by atoms with Crippen LogP contribution in [0.5, 0.6) is 0 Å². The fraction of sp³-hybridized carbons (Fsp3) is 0.630. The van der Waals surface area contributed by atoms with Gasteiger partial charge < -0.3 is 9.64 Å². The average Bonchev–Trinajstić information content (AvgIpc) is 3.09. The number of rotatable bonds is 2. The number of hydrogen-bond acceptors (Lipinski definition) is 4. The highest BCUT2D eigenvalue weighted by Crippen LogP contribution is 2.63. The van der Waals surface area contributed by atoms with Crippen LogP contribution in [0.4, 0.5) is 0 Å². The molecule has 0 aromatic heterocycles. The van der Waals surface area contributed by atoms with Crippen LogP contribution >= 0.6 is 0 Å². The van der Waals surface area contributed by atoms with Crippen LogP contribution in [0.3, 0.4) is 0 Å². The first-order chi connectivity index (χ1) is 14.9. The maximum atomic E-state index is 13.0. The molecule has 1 unspecified atom stereocenters. The Bertz CT molecular complexity index is 921. The molecular weight excluding hydrogens is 386 g/mol. The van der Waals surface area contributed by atoms with Crippen molar-refractivity contribution >= 4 is 11.8 Å². The predicted octanol–water partition coefficient (Wildman–Crippen LogP) is 4.63. The van der Waals surface area contributed by atoms with Crippen molar-refractivity contribution in [3.05, 3.63) is 35.7 Å². The molecule has 1 aliphatic heterocycles. The molecule has 0 aromatic rings. The van der Waals surface area contributed by atoms with Gasteiger partial charge in [-0.1, -0.05) is 18.6 Å². The van der Waals surface area contributed by atoms with Gasteiger partial charge in [-0.3, -0.25) is 4.79 Å². The molecule has 5 rings (SSSR count). The maximum Gasteiger partial charge on any atom is 0.336 e. The lowest BCUT2D eigenvalue weighted by Crippen LogP contribution is -2.50. The summed E-state index contributed by atoms with van der Waals surface area (Å²) in [5, 5.41) is 0. The van der Waals surface area contributed by atoms with E-state index in [2.05, 4.69) is 12.8 Å². The van der Waals surface area contributed by atoms with Crippen LogP contribution in [-0.4, -0.2) is 29.8 Å². The Hall–Kier alpha value is -2.28. The number of ketones is 1. The quantitative estimate of drug-likeness (QED) is 0.484. The third kappa shape index (κ3) is 3.37. The third-order valence-electron chi connectivity index (χ3n) is 9.06. The van der Waals surface area contributed by atoms with Crippen LogP contribution in [0.15, 0.2) is 35.7 Å². The average molecular weight is 420 g/mol. The minimum Gasteiger partial charge on any atom is -0.458 e. The molecule has 1 heterocycles. The van der Waals surface area contributed by atoms with Crippen molar-refractivity contribution in [2.45, 2.75) is 64.4 Å². The molecule has 4 nitrogen and oxygen atoms in total. The summed E-state index contributed by atoms with van der Waals surface area (Å²) in [6, 6.07) is 0. The standard InChI is InChI=1S/C27H33NO3/c1-4-19-8-10-23-21-9-7-17-14-20(29)15-24(25(17)22(21)11-12-27(19,23)2)31-26(30)18-6-5-13-28(3)16-18/h1,5,13-14,16,19,21-25H,6-12,15H2,2-3H3/t19-,21+,22-,23-,24?,25-,27+/m0/s1. The summed E-state index contributed by atoms with van der Waals surface area (Å²) >= 11 is 0. The molecule has 7 atom stereocenters. The monoisotopic (exact) mass is 419 g/mol. The van der Waals surface area contributed by atoms with Gasteiger partial charge in [0.1, 0.15) is 6.10 Å². The van der Waals surface area contributed by atoms with E-state index in [-0.39, 0.29) is 29.2 Å². The molecule has 0 spiro atoms. The van der Waals surface area contributed by atoms with Crippen molar-refractivity contribution in [2.24, 2.45) is 35.0 Å². The van der Waals surface area contributed by atoms with Gasteiger partial charge in [-0.2, -0.15) is 0 Å². The van der Waals surface area contributed by atoms with Crippen molar-refractivity contribution in [1.82, 2.24) is 4.90 Å². The van der Waals surface area contributed by atoms with Gasteiger partial charge in [-0.15, -0.1) is 12.3 Å². The molecule has 0 radical (unpaired) electrons. The van der Waals surface area contributed by atoms with Crippen molar-refractivity contribution in [2.75, 3.05) is 7.05 Å². The number of terminal acetylenes is 1. The van der Waals surface area contributed by atoms with Gasteiger partial charge in [0.15, 0.2) is 5.78 Å². The van der Waals surface area contributed by atoms with Crippen molar-refractivity contribution < 1.29 is 14.3 Å². The lowest BCUT2D eigenvalue weighted by Gasteiger charge is -2.54. The van der Waals surface area contributed by atoms with Crippen molar-refractivity contribution in [3.8, 4) is 12.3 Å². The molecule has 0 saturated heterocycles. The smallest absolute Gasteiger partial charge is 0.336 e. The Labute approximate surface area is 185 Å². The van der Waals surface area contributed by atoms with E-state index in [9.17, 15) is 9.59 Å². The van der Waals surface area contributed by atoms with E-state index < -0.39 is 0 Å². The summed E-state index contributed by atoms with van der Waals surface area (Å²) in [6.45, 7) is 2.41. The Balaban J connectivity index is 1.40. The number of ether oxygens (including phenoxy) is 1. The Kier molecular flexibility index (Phi) is 5.12. The molecule has 0 N–H and O–H groups in total. The highest BCUT2D eigenvalue weighted by molar-refractivity contribution is 5.93. The largest absolute Gasteiger partial charge is 0.458 e. The molecule has 3 fully saturated rings. The zero-order chi connectivity index (χ0) is 21.8. The zero-order valence-corrected chi connectivity index (χ0v) is 18.7. The van der Waals surface area contributed by atoms with Crippen LogP contribution in [0, 0.1) is 47.3 Å². The lowest BCUT2D eigenvalue weighted by molar-refractivity contribution is -0.152. The van der Waals surface area contributed by atoms with Gasteiger partial charge in [0.25, 0.3) is 0 Å². The number of carbonyl (C=O) groups is 2. The van der Waals surface area contributed by atoms with Gasteiger partial charge in [0.2, 0.25) is 0 Å². The van der Waals surface area contributed by atoms with E-state index in [0.717, 1.165) is 32.1 Å². The first kappa shape index (κ1) is 20.6. The summed E-state index contributed by atoms with van der Waals surface area (Å²) < 4.78 is 6.09. The van der Waals surface area contributed by atoms with E-state index in [1.807, 2.05) is 36.5 Å². The molecule has 31 heavy (non-hydrogen) atoms. The molecule has 0 bridgehead atoms. The fourth-order valence-electron chi connectivity index (χ4n) is 7.65. The van der Waals surface area contributed by atoms with Crippen LogP contribution < -0.4 is 0 Å². The zero-order valence-electron chi connectivity index (χ0n) is 18.7. The molecule has 5 aliphatic rings. The van der Waals surface area contributed by atoms with Gasteiger partial charge in [0.05, 0.1) is 5.57 Å². The van der Waals surface area contributed by atoms with E-state index in [0.29, 0.717) is 42.1 Å². The number of fused-ring (bicyclic) bond motifs is 5. The third-order valence-corrected chi connectivity index (χ3v) is 9.06. The Morgan fingerprint density at radius 2 is 2.10 bits per heavy atom. The molecule has 4 heteroatoms. The van der Waals surface area contributed by atoms with Crippen LogP contribution in [0.2, 0.25) is 0 Å². The van der Waals surface area contributed by atoms with E-state index in [4.69, 9.17) is 11.2 Å². The second-order valence-corrected chi connectivity index (χ2v) is 10.6. The number of nitrogens with zero attached hydrogens (tertiary/aromatic N) is 1. The Morgan fingerprint density at radius 3 is 2.87 bits per heavy atom. The molecule has 0 amide bonds. The van der Waals surface area contributed by atoms with E-state index in [1.54, 1.807) is 0 Å². The van der Waals surface area contributed by atoms with E-state index in [1.165, 1.54) is 12.0 Å². The van der Waals surface area contributed by atoms with Crippen molar-refractivity contribution in [1.29, 1.82) is 0 Å². The summed E-state index contributed by atoms with van der Waals surface area (Å²) in [4.78, 5) is 27.3. The van der Waals surface area contributed by atoms with Crippen LogP contribution in [0.25, 0.3) is 0 Å². The number of hydrogen-bond donors (Lipinski definition) is 0. The summed E-state index contributed by atoms with van der Waals surface area (Å²) in [5.41, 5.74) is 2.13. The maximum absolute atomic E-state index is 13.0. The number of carbonyl (C=O) groups excluding carboxylic acids is 2. The van der Waals surface area contributed by atoms with Crippen LogP contribution in [0.1, 0.15) is 58.3 Å². The molecule has 164 valence electrons. The van der Waals surface area contributed by atoms with E-state index >= 15 is 0 Å². The van der Waals surface area contributed by atoms with Crippen LogP contribution in [-0.2, 0) is 14.3 Å². The summed E-state index contributed by atoms with van der Waals surface area (Å²) in [5.74, 6) is 5.27. The first-order valence-corrected chi connectivity index (χ1v) is 11.9. The summed E-state index contributed by atoms with van der Waals surface area (Å²) in [7, 11) is 1.91. The fourth-order valence-corrected chi connectivity index (χ4v) is 7.65. The van der Waals surface area contributed by atoms with Crippen molar-refractivity contribution in [3.63, 3.8) is 0 Å². The summed E-state index contributed by atoms with van der Waals surface area (Å²) in [6.07, 6.45) is 20.8. The van der Waals surface area contributed by atoms with Gasteiger partial charge >= 0.3 is 5.97 Å². The van der Waals surface area contributed by atoms with Gasteiger partial charge in [0, 0.05) is 37.9 Å². The Morgan fingerprint density at radius 1 is 1.26 bits per heavy atom. The number of esters is 1. The van der Waals surface area contributed by atoms with Gasteiger partial charge in [-0.05, 0) is 74.0 Å². The normalized spacial score (nSPS) is 41.3. The highest BCUT2D eigenvalue weighted by atomic mass is 16.5. The lowest BCUT2D eigenvalue weighted by atomic mass is 9.51.